The van der Waals surface area contributed by atoms with Gasteiger partial charge in [0.15, 0.2) is 0 Å². The molecule has 0 bridgehead atoms. The average Bonchev–Trinajstić information content (AvgIpc) is 0.722. The fourth-order valence-corrected chi connectivity index (χ4v) is 0. The standard InChI is InChI=1S/2Li.H3O4P.2H/c;;1-5(2,3)4;;/h;;(H3,1,2,3,4);;/q2*+1;;2*-1. The maximum Gasteiger partial charge on any atom is 1.00 e. The van der Waals surface area contributed by atoms with Gasteiger partial charge in [0.1, 0.15) is 0 Å². The summed E-state index contributed by atoms with van der Waals surface area (Å²) in [5.74, 6) is 0. The summed E-state index contributed by atoms with van der Waals surface area (Å²) in [4.78, 5) is 21.6. The van der Waals surface area contributed by atoms with Gasteiger partial charge in [-0.25, -0.2) is 4.57 Å². The molecule has 0 aliphatic heterocycles. The summed E-state index contributed by atoms with van der Waals surface area (Å²) in [5, 5.41) is 0. The molecule has 0 amide bonds. The van der Waals surface area contributed by atoms with Gasteiger partial charge in [-0.05, 0) is 0 Å². The molecule has 3 N–H and O–H groups in total. The molecule has 36 valence electrons. The van der Waals surface area contributed by atoms with Gasteiger partial charge >= 0.3 is 45.5 Å². The van der Waals surface area contributed by atoms with Crippen LogP contribution in [0.5, 0.6) is 0 Å². The van der Waals surface area contributed by atoms with Gasteiger partial charge in [-0.2, -0.15) is 0 Å². The van der Waals surface area contributed by atoms with E-state index in [9.17, 15) is 0 Å². The van der Waals surface area contributed by atoms with Crippen LogP contribution in [0.3, 0.4) is 0 Å². The van der Waals surface area contributed by atoms with E-state index >= 15 is 0 Å². The van der Waals surface area contributed by atoms with Crippen molar-refractivity contribution in [2.24, 2.45) is 0 Å². The molecule has 7 heteroatoms. The molecule has 0 aliphatic rings. The van der Waals surface area contributed by atoms with E-state index in [1.165, 1.54) is 0 Å². The fourth-order valence-electron chi connectivity index (χ4n) is 0. The third-order valence-electron chi connectivity index (χ3n) is 0. The molecular weight excluding hydrogens is 109 g/mol. The third kappa shape index (κ3) is 121. The predicted octanol–water partition coefficient (Wildman–Crippen LogP) is -6.70. The van der Waals surface area contributed by atoms with E-state index in [1.807, 2.05) is 0 Å². The Balaban J connectivity index is -0.0000000133. The van der Waals surface area contributed by atoms with Crippen LogP contribution >= 0.6 is 7.82 Å². The smallest absolute Gasteiger partial charge is 1.00 e. The van der Waals surface area contributed by atoms with Crippen molar-refractivity contribution in [2.45, 2.75) is 0 Å². The molecule has 0 saturated carbocycles. The fraction of sp³-hybridized carbons (Fsp3) is 0. The zero-order chi connectivity index (χ0) is 4.50. The minimum atomic E-state index is -4.64. The van der Waals surface area contributed by atoms with Crippen molar-refractivity contribution in [1.82, 2.24) is 0 Å². The molecule has 0 unspecified atom stereocenters. The first-order valence-electron chi connectivity index (χ1n) is 0.783. The maximum atomic E-state index is 8.88. The minimum Gasteiger partial charge on any atom is -1.00 e. The van der Waals surface area contributed by atoms with Crippen LogP contribution in [0.1, 0.15) is 2.85 Å². The molecule has 0 heterocycles. The van der Waals surface area contributed by atoms with Crippen LogP contribution in [0.4, 0.5) is 0 Å². The van der Waals surface area contributed by atoms with E-state index in [1.54, 1.807) is 0 Å². The van der Waals surface area contributed by atoms with Gasteiger partial charge in [0.2, 0.25) is 0 Å². The number of phosphoric acid groups is 1. The first kappa shape index (κ1) is 15.7. The van der Waals surface area contributed by atoms with Gasteiger partial charge in [0.25, 0.3) is 0 Å². The zero-order valence-corrected chi connectivity index (χ0v) is 5.09. The van der Waals surface area contributed by atoms with Gasteiger partial charge in [0, 0.05) is 0 Å². The zero-order valence-electron chi connectivity index (χ0n) is 6.20. The van der Waals surface area contributed by atoms with Crippen molar-refractivity contribution in [3.05, 3.63) is 0 Å². The van der Waals surface area contributed by atoms with E-state index in [0.717, 1.165) is 0 Å². The van der Waals surface area contributed by atoms with Crippen molar-refractivity contribution in [3.8, 4) is 0 Å². The molecule has 0 saturated heterocycles. The molecule has 0 spiro atoms. The van der Waals surface area contributed by atoms with Crippen LogP contribution in [-0.2, 0) is 4.57 Å². The number of rotatable bonds is 0. The Bertz CT molecular complexity index is 62.7. The summed E-state index contributed by atoms with van der Waals surface area (Å²) >= 11 is 0. The van der Waals surface area contributed by atoms with Crippen LogP contribution in [0.2, 0.25) is 0 Å². The molecule has 0 aromatic heterocycles. The minimum absolute atomic E-state index is 0. The molecule has 0 aliphatic carbocycles. The molecule has 0 radical (unpaired) electrons. The summed E-state index contributed by atoms with van der Waals surface area (Å²) in [6.45, 7) is 0. The van der Waals surface area contributed by atoms with E-state index in [4.69, 9.17) is 19.2 Å². The Morgan fingerprint density at radius 1 is 1.14 bits per heavy atom. The van der Waals surface area contributed by atoms with E-state index in [2.05, 4.69) is 0 Å². The maximum absolute atomic E-state index is 8.88. The third-order valence-corrected chi connectivity index (χ3v) is 0. The molecule has 0 atom stereocenters. The Hall–Kier alpha value is 1.30. The largest absolute Gasteiger partial charge is 1.00 e. The second-order valence-electron chi connectivity index (χ2n) is 0.513. The Labute approximate surface area is 67.9 Å². The normalized spacial score (nSPS) is 8.43. The Morgan fingerprint density at radius 2 is 1.14 bits per heavy atom. The van der Waals surface area contributed by atoms with Crippen molar-refractivity contribution in [1.29, 1.82) is 0 Å². The van der Waals surface area contributed by atoms with Crippen molar-refractivity contribution in [2.75, 3.05) is 0 Å². The van der Waals surface area contributed by atoms with Gasteiger partial charge in [-0.15, -0.1) is 0 Å². The number of hydrogen-bond donors (Lipinski definition) is 3. The predicted molar refractivity (Wildman–Crippen MR) is 16.5 cm³/mol. The summed E-state index contributed by atoms with van der Waals surface area (Å²) < 4.78 is 8.88. The number of hydrogen-bond acceptors (Lipinski definition) is 1. The van der Waals surface area contributed by atoms with Gasteiger partial charge in [-0.3, -0.25) is 0 Å². The average molecular weight is 114 g/mol. The molecule has 0 fully saturated rings. The summed E-state index contributed by atoms with van der Waals surface area (Å²) in [6.07, 6.45) is 0. The SMILES string of the molecule is O=P(O)(O)O.[H-].[H-].[Li+].[Li+]. The Morgan fingerprint density at radius 3 is 1.14 bits per heavy atom. The van der Waals surface area contributed by atoms with Gasteiger partial charge in [0.05, 0.1) is 0 Å². The summed E-state index contributed by atoms with van der Waals surface area (Å²) in [6, 6.07) is 0. The topological polar surface area (TPSA) is 77.8 Å². The molecular formula is H5Li2O4P. The quantitative estimate of drug-likeness (QED) is 0.216. The second-order valence-corrected chi connectivity index (χ2v) is 1.54. The first-order chi connectivity index (χ1) is 2.00. The Kier molecular flexibility index (Phi) is 12.2. The van der Waals surface area contributed by atoms with Gasteiger partial charge in [-0.1, -0.05) is 0 Å². The van der Waals surface area contributed by atoms with Crippen molar-refractivity contribution in [3.63, 3.8) is 0 Å². The molecule has 7 heavy (non-hydrogen) atoms. The van der Waals surface area contributed by atoms with Gasteiger partial charge < -0.3 is 17.5 Å². The van der Waals surface area contributed by atoms with Crippen molar-refractivity contribution >= 4 is 7.82 Å². The molecule has 0 aromatic carbocycles. The second kappa shape index (κ2) is 5.44. The van der Waals surface area contributed by atoms with Crippen LogP contribution in [-0.4, -0.2) is 14.7 Å². The molecule has 0 rings (SSSR count). The van der Waals surface area contributed by atoms with Crippen LogP contribution < -0.4 is 37.7 Å². The summed E-state index contributed by atoms with van der Waals surface area (Å²) in [7, 11) is -4.64. The monoisotopic (exact) mass is 114 g/mol. The first-order valence-corrected chi connectivity index (χ1v) is 2.35. The van der Waals surface area contributed by atoms with E-state index in [0.29, 0.717) is 0 Å². The summed E-state index contributed by atoms with van der Waals surface area (Å²) in [5.41, 5.74) is 0. The van der Waals surface area contributed by atoms with E-state index < -0.39 is 7.82 Å². The van der Waals surface area contributed by atoms with Crippen LogP contribution in [0.25, 0.3) is 0 Å². The van der Waals surface area contributed by atoms with Crippen LogP contribution in [0, 0.1) is 0 Å². The van der Waals surface area contributed by atoms with Crippen molar-refractivity contribution < 1.29 is 59.8 Å². The molecule has 4 nitrogen and oxygen atoms in total. The molecule has 0 aromatic rings. The van der Waals surface area contributed by atoms with E-state index in [-0.39, 0.29) is 40.6 Å². The van der Waals surface area contributed by atoms with Crippen LogP contribution in [0.15, 0.2) is 0 Å².